The molecule has 0 fully saturated rings. The average molecular weight is 344 g/mol. The zero-order chi connectivity index (χ0) is 18.1. The van der Waals surface area contributed by atoms with Crippen molar-refractivity contribution in [3.63, 3.8) is 0 Å². The number of hydrogen-bond acceptors (Lipinski definition) is 2. The molecule has 4 heteroatoms. The molecule has 0 saturated heterocycles. The first-order valence-electron chi connectivity index (χ1n) is 8.79. The minimum absolute atomic E-state index is 0.118. The lowest BCUT2D eigenvalue weighted by molar-refractivity contribution is -0.126. The van der Waals surface area contributed by atoms with Crippen molar-refractivity contribution in [1.29, 1.82) is 0 Å². The van der Waals surface area contributed by atoms with Crippen LogP contribution in [0.4, 0.5) is 5.69 Å². The lowest BCUT2D eigenvalue weighted by Crippen LogP contribution is -2.36. The number of carbonyl (C=O) groups is 2. The van der Waals surface area contributed by atoms with Crippen molar-refractivity contribution in [1.82, 2.24) is 5.32 Å². The van der Waals surface area contributed by atoms with E-state index < -0.39 is 5.92 Å². The third kappa shape index (κ3) is 3.06. The van der Waals surface area contributed by atoms with Gasteiger partial charge in [0.1, 0.15) is 0 Å². The lowest BCUT2D eigenvalue weighted by Gasteiger charge is -2.26. The monoisotopic (exact) mass is 344 g/mol. The number of benzene rings is 3. The first-order chi connectivity index (χ1) is 12.6. The largest absolute Gasteiger partial charge is 0.349 e. The first kappa shape index (κ1) is 16.3. The number of amides is 2. The molecule has 2 atom stereocenters. The summed E-state index contributed by atoms with van der Waals surface area (Å²) in [6.45, 7) is 1.97. The van der Waals surface area contributed by atoms with Gasteiger partial charge in [0.25, 0.3) is 0 Å². The normalized spacial score (nSPS) is 17.3. The summed E-state index contributed by atoms with van der Waals surface area (Å²) in [4.78, 5) is 24.8. The van der Waals surface area contributed by atoms with E-state index in [2.05, 4.69) is 34.9 Å². The summed E-state index contributed by atoms with van der Waals surface area (Å²) >= 11 is 0. The summed E-state index contributed by atoms with van der Waals surface area (Å²) in [6, 6.07) is 21.7. The second-order valence-corrected chi connectivity index (χ2v) is 6.73. The highest BCUT2D eigenvalue weighted by molar-refractivity contribution is 6.01. The Labute approximate surface area is 152 Å². The van der Waals surface area contributed by atoms with Crippen LogP contribution in [0, 0.1) is 0 Å². The number of anilines is 1. The number of fused-ring (bicyclic) bond motifs is 2. The van der Waals surface area contributed by atoms with E-state index in [9.17, 15) is 9.59 Å². The molecule has 0 radical (unpaired) electrons. The Hall–Kier alpha value is -3.14. The molecule has 1 aliphatic rings. The van der Waals surface area contributed by atoms with E-state index in [1.807, 2.05) is 49.4 Å². The molecule has 2 unspecified atom stereocenters. The van der Waals surface area contributed by atoms with Crippen LogP contribution in [0.15, 0.2) is 66.7 Å². The van der Waals surface area contributed by atoms with Crippen molar-refractivity contribution in [2.24, 2.45) is 0 Å². The average Bonchev–Trinajstić information content (AvgIpc) is 2.66. The number of para-hydroxylation sites is 1. The fourth-order valence-corrected chi connectivity index (χ4v) is 3.52. The van der Waals surface area contributed by atoms with Crippen LogP contribution in [0.1, 0.15) is 36.4 Å². The van der Waals surface area contributed by atoms with E-state index >= 15 is 0 Å². The van der Waals surface area contributed by atoms with Crippen molar-refractivity contribution < 1.29 is 9.59 Å². The van der Waals surface area contributed by atoms with Crippen molar-refractivity contribution in [3.05, 3.63) is 77.9 Å². The van der Waals surface area contributed by atoms with E-state index in [0.717, 1.165) is 22.2 Å². The van der Waals surface area contributed by atoms with Crippen LogP contribution in [-0.2, 0) is 9.59 Å². The molecule has 0 bridgehead atoms. The Morgan fingerprint density at radius 2 is 1.77 bits per heavy atom. The maximum absolute atomic E-state index is 12.9. The molecule has 3 aromatic rings. The van der Waals surface area contributed by atoms with Crippen LogP contribution in [0.5, 0.6) is 0 Å². The fourth-order valence-electron chi connectivity index (χ4n) is 3.52. The van der Waals surface area contributed by atoms with Gasteiger partial charge in [-0.1, -0.05) is 54.6 Å². The third-order valence-electron chi connectivity index (χ3n) is 4.95. The predicted octanol–water partition coefficient (Wildman–Crippen LogP) is 4.14. The molecule has 26 heavy (non-hydrogen) atoms. The van der Waals surface area contributed by atoms with Crippen LogP contribution >= 0.6 is 0 Å². The van der Waals surface area contributed by atoms with Crippen molar-refractivity contribution in [2.45, 2.75) is 25.3 Å². The summed E-state index contributed by atoms with van der Waals surface area (Å²) in [6.07, 6.45) is 0.174. The molecular formula is C22H20N2O2. The maximum Gasteiger partial charge on any atom is 0.228 e. The van der Waals surface area contributed by atoms with Gasteiger partial charge >= 0.3 is 0 Å². The Balaban J connectivity index is 1.56. The van der Waals surface area contributed by atoms with Gasteiger partial charge in [0.05, 0.1) is 12.0 Å². The summed E-state index contributed by atoms with van der Waals surface area (Å²) in [5, 5.41) is 8.22. The topological polar surface area (TPSA) is 58.2 Å². The Morgan fingerprint density at radius 1 is 1.04 bits per heavy atom. The van der Waals surface area contributed by atoms with Gasteiger partial charge in [-0.15, -0.1) is 0 Å². The van der Waals surface area contributed by atoms with Crippen molar-refractivity contribution in [2.75, 3.05) is 5.32 Å². The highest BCUT2D eigenvalue weighted by Gasteiger charge is 2.31. The van der Waals surface area contributed by atoms with Crippen LogP contribution < -0.4 is 10.6 Å². The summed E-state index contributed by atoms with van der Waals surface area (Å²) in [5.41, 5.74) is 2.64. The van der Waals surface area contributed by atoms with Gasteiger partial charge in [-0.25, -0.2) is 0 Å². The third-order valence-corrected chi connectivity index (χ3v) is 4.95. The molecule has 4 rings (SSSR count). The molecule has 1 heterocycles. The molecule has 2 amide bonds. The van der Waals surface area contributed by atoms with Gasteiger partial charge in [0.15, 0.2) is 0 Å². The van der Waals surface area contributed by atoms with Gasteiger partial charge in [-0.3, -0.25) is 9.59 Å². The molecular weight excluding hydrogens is 324 g/mol. The van der Waals surface area contributed by atoms with E-state index in [1.54, 1.807) is 0 Å². The molecule has 1 aliphatic heterocycles. The molecule has 4 nitrogen and oxygen atoms in total. The number of hydrogen-bond donors (Lipinski definition) is 2. The number of nitrogens with one attached hydrogen (secondary N) is 2. The molecule has 0 spiro atoms. The Bertz CT molecular complexity index is 996. The van der Waals surface area contributed by atoms with E-state index in [4.69, 9.17) is 0 Å². The van der Waals surface area contributed by atoms with Gasteiger partial charge in [-0.05, 0) is 41.0 Å². The number of carbonyl (C=O) groups excluding carboxylic acids is 2. The molecule has 0 aromatic heterocycles. The van der Waals surface area contributed by atoms with Crippen LogP contribution in [0.3, 0.4) is 0 Å². The lowest BCUT2D eigenvalue weighted by atomic mass is 9.89. The molecule has 0 aliphatic carbocycles. The zero-order valence-corrected chi connectivity index (χ0v) is 14.5. The fraction of sp³-hybridized carbons (Fsp3) is 0.182. The summed E-state index contributed by atoms with van der Waals surface area (Å²) in [5.74, 6) is -0.696. The second kappa shape index (κ2) is 6.64. The zero-order valence-electron chi connectivity index (χ0n) is 14.5. The van der Waals surface area contributed by atoms with E-state index in [0.29, 0.717) is 0 Å². The van der Waals surface area contributed by atoms with Gasteiger partial charge in [0, 0.05) is 12.1 Å². The van der Waals surface area contributed by atoms with Crippen molar-refractivity contribution in [3.8, 4) is 0 Å². The molecule has 3 aromatic carbocycles. The van der Waals surface area contributed by atoms with Gasteiger partial charge < -0.3 is 10.6 Å². The van der Waals surface area contributed by atoms with E-state index in [-0.39, 0.29) is 24.3 Å². The smallest absolute Gasteiger partial charge is 0.228 e. The highest BCUT2D eigenvalue weighted by Crippen LogP contribution is 2.32. The molecule has 130 valence electrons. The second-order valence-electron chi connectivity index (χ2n) is 6.73. The van der Waals surface area contributed by atoms with Gasteiger partial charge in [0.2, 0.25) is 11.8 Å². The quantitative estimate of drug-likeness (QED) is 0.750. The minimum atomic E-state index is -0.456. The van der Waals surface area contributed by atoms with E-state index in [1.165, 1.54) is 5.39 Å². The summed E-state index contributed by atoms with van der Waals surface area (Å²) in [7, 11) is 0. The van der Waals surface area contributed by atoms with Crippen molar-refractivity contribution >= 4 is 28.3 Å². The van der Waals surface area contributed by atoms with Gasteiger partial charge in [-0.2, -0.15) is 0 Å². The first-order valence-corrected chi connectivity index (χ1v) is 8.79. The van der Waals surface area contributed by atoms with Crippen LogP contribution in [-0.4, -0.2) is 11.8 Å². The Morgan fingerprint density at radius 3 is 2.62 bits per heavy atom. The highest BCUT2D eigenvalue weighted by atomic mass is 16.2. The van der Waals surface area contributed by atoms with Crippen LogP contribution in [0.2, 0.25) is 0 Å². The standard InChI is InChI=1S/C22H20N2O2/c1-14(16-11-10-15-6-2-3-7-17(15)12-16)23-22(26)19-13-21(25)24-20-9-5-4-8-18(19)20/h2-12,14,19H,13H2,1H3,(H,23,26)(H,24,25). The molecule has 2 N–H and O–H groups in total. The number of rotatable bonds is 3. The van der Waals surface area contributed by atoms with Crippen LogP contribution in [0.25, 0.3) is 10.8 Å². The SMILES string of the molecule is CC(NC(=O)C1CC(=O)Nc2ccccc21)c1ccc2ccccc2c1. The minimum Gasteiger partial charge on any atom is -0.349 e. The predicted molar refractivity (Wildman–Crippen MR) is 103 cm³/mol. The maximum atomic E-state index is 12.9. The Kier molecular flexibility index (Phi) is 4.17. The summed E-state index contributed by atoms with van der Waals surface area (Å²) < 4.78 is 0. The molecule has 0 saturated carbocycles.